The number of benzene rings is 3. The summed E-state index contributed by atoms with van der Waals surface area (Å²) in [7, 11) is 3.23. The first kappa shape index (κ1) is 22.9. The average molecular weight is 433 g/mol. The predicted octanol–water partition coefficient (Wildman–Crippen LogP) is 4.69. The van der Waals surface area contributed by atoms with Crippen LogP contribution < -0.4 is 20.1 Å². The lowest BCUT2D eigenvalue weighted by Crippen LogP contribution is -2.28. The fourth-order valence-corrected chi connectivity index (χ4v) is 3.28. The van der Waals surface area contributed by atoms with Gasteiger partial charge in [0.1, 0.15) is 11.5 Å². The Bertz CT molecular complexity index is 958. The molecule has 3 rings (SSSR count). The van der Waals surface area contributed by atoms with Gasteiger partial charge in [-0.2, -0.15) is 0 Å². The Hall–Kier alpha value is -3.80. The van der Waals surface area contributed by atoms with E-state index in [0.717, 1.165) is 22.6 Å². The van der Waals surface area contributed by atoms with E-state index in [4.69, 9.17) is 9.47 Å². The van der Waals surface area contributed by atoms with Crippen LogP contribution in [0.4, 0.5) is 0 Å². The molecule has 0 saturated heterocycles. The number of carbonyl (C=O) groups excluding carboxylic acids is 2. The van der Waals surface area contributed by atoms with Gasteiger partial charge in [-0.25, -0.2) is 0 Å². The molecular formula is C26H28N2O4. The highest BCUT2D eigenvalue weighted by atomic mass is 16.5. The van der Waals surface area contributed by atoms with Crippen LogP contribution in [0.3, 0.4) is 0 Å². The lowest BCUT2D eigenvalue weighted by molar-refractivity contribution is 0.0927. The van der Waals surface area contributed by atoms with Gasteiger partial charge in [0.05, 0.1) is 26.3 Å². The highest BCUT2D eigenvalue weighted by Gasteiger charge is 2.14. The summed E-state index contributed by atoms with van der Waals surface area (Å²) < 4.78 is 10.3. The van der Waals surface area contributed by atoms with Crippen molar-refractivity contribution in [2.45, 2.75) is 25.9 Å². The molecule has 166 valence electrons. The first-order valence-electron chi connectivity index (χ1n) is 10.4. The topological polar surface area (TPSA) is 76.7 Å². The van der Waals surface area contributed by atoms with Crippen molar-refractivity contribution < 1.29 is 19.1 Å². The lowest BCUT2D eigenvalue weighted by atomic mass is 10.1. The fourth-order valence-electron chi connectivity index (χ4n) is 3.28. The number of rotatable bonds is 8. The first-order chi connectivity index (χ1) is 15.4. The molecule has 6 nitrogen and oxygen atoms in total. The molecule has 0 bridgehead atoms. The molecule has 2 amide bonds. The predicted molar refractivity (Wildman–Crippen MR) is 124 cm³/mol. The Kier molecular flexibility index (Phi) is 7.49. The van der Waals surface area contributed by atoms with Crippen molar-refractivity contribution in [3.8, 4) is 11.5 Å². The number of ether oxygens (including phenoxy) is 2. The molecule has 0 unspecified atom stereocenters. The third kappa shape index (κ3) is 5.66. The SMILES string of the molecule is COc1ccc([C@H](C)NC(=O)c2ccc(C(=O)N[C@@H](C)c3ccc(OC)cc3)cc2)cc1. The smallest absolute Gasteiger partial charge is 0.251 e. The molecule has 0 heterocycles. The molecule has 32 heavy (non-hydrogen) atoms. The third-order valence-electron chi connectivity index (χ3n) is 5.34. The van der Waals surface area contributed by atoms with Gasteiger partial charge >= 0.3 is 0 Å². The molecule has 2 N–H and O–H groups in total. The van der Waals surface area contributed by atoms with Gasteiger partial charge in [-0.3, -0.25) is 9.59 Å². The number of amides is 2. The summed E-state index contributed by atoms with van der Waals surface area (Å²) in [4.78, 5) is 25.2. The van der Waals surface area contributed by atoms with Crippen molar-refractivity contribution in [2.75, 3.05) is 14.2 Å². The monoisotopic (exact) mass is 432 g/mol. The van der Waals surface area contributed by atoms with E-state index in [2.05, 4.69) is 10.6 Å². The van der Waals surface area contributed by atoms with E-state index in [1.165, 1.54) is 0 Å². The van der Waals surface area contributed by atoms with Crippen LogP contribution >= 0.6 is 0 Å². The molecule has 0 radical (unpaired) electrons. The fraction of sp³-hybridized carbons (Fsp3) is 0.231. The number of hydrogen-bond donors (Lipinski definition) is 2. The second-order valence-electron chi connectivity index (χ2n) is 7.51. The van der Waals surface area contributed by atoms with E-state index in [0.29, 0.717) is 11.1 Å². The zero-order valence-corrected chi connectivity index (χ0v) is 18.7. The molecule has 3 aromatic rings. The number of carbonyl (C=O) groups is 2. The van der Waals surface area contributed by atoms with E-state index in [1.54, 1.807) is 38.5 Å². The maximum Gasteiger partial charge on any atom is 0.251 e. The van der Waals surface area contributed by atoms with E-state index < -0.39 is 0 Å². The third-order valence-corrected chi connectivity index (χ3v) is 5.34. The minimum atomic E-state index is -0.202. The van der Waals surface area contributed by atoms with Crippen molar-refractivity contribution in [3.05, 3.63) is 95.1 Å². The molecular weight excluding hydrogens is 404 g/mol. The van der Waals surface area contributed by atoms with Crippen molar-refractivity contribution in [1.82, 2.24) is 10.6 Å². The average Bonchev–Trinajstić information content (AvgIpc) is 2.84. The van der Waals surface area contributed by atoms with Crippen molar-refractivity contribution in [1.29, 1.82) is 0 Å². The van der Waals surface area contributed by atoms with Gasteiger partial charge < -0.3 is 20.1 Å². The maximum absolute atomic E-state index is 12.6. The highest BCUT2D eigenvalue weighted by molar-refractivity contribution is 5.98. The standard InChI is InChI=1S/C26H28N2O4/c1-17(19-9-13-23(31-3)14-10-19)27-25(29)21-5-7-22(8-6-21)26(30)28-18(2)20-11-15-24(32-4)16-12-20/h5-18H,1-4H3,(H,27,29)(H,28,30)/t17-,18-/m0/s1. The zero-order chi connectivity index (χ0) is 23.1. The Labute approximate surface area is 188 Å². The Morgan fingerprint density at radius 1 is 0.594 bits per heavy atom. The summed E-state index contributed by atoms with van der Waals surface area (Å²) in [6.07, 6.45) is 0. The van der Waals surface area contributed by atoms with Crippen LogP contribution in [0.25, 0.3) is 0 Å². The Morgan fingerprint density at radius 3 is 1.19 bits per heavy atom. The van der Waals surface area contributed by atoms with Gasteiger partial charge in [0.15, 0.2) is 0 Å². The lowest BCUT2D eigenvalue weighted by Gasteiger charge is -2.16. The van der Waals surface area contributed by atoms with Crippen molar-refractivity contribution >= 4 is 11.8 Å². The van der Waals surface area contributed by atoms with Crippen LogP contribution in [0.15, 0.2) is 72.8 Å². The van der Waals surface area contributed by atoms with Crippen LogP contribution in [0.2, 0.25) is 0 Å². The van der Waals surface area contributed by atoms with Crippen LogP contribution in [0.1, 0.15) is 57.8 Å². The molecule has 0 saturated carbocycles. The van der Waals surface area contributed by atoms with Gasteiger partial charge in [-0.15, -0.1) is 0 Å². The van der Waals surface area contributed by atoms with E-state index in [-0.39, 0.29) is 23.9 Å². The quantitative estimate of drug-likeness (QED) is 0.542. The molecule has 2 atom stereocenters. The normalized spacial score (nSPS) is 12.4. The summed E-state index contributed by atoms with van der Waals surface area (Å²) >= 11 is 0. The number of hydrogen-bond acceptors (Lipinski definition) is 4. The molecule has 0 aliphatic rings. The first-order valence-corrected chi connectivity index (χ1v) is 10.4. The molecule has 0 aromatic heterocycles. The Morgan fingerprint density at radius 2 is 0.906 bits per heavy atom. The zero-order valence-electron chi connectivity index (χ0n) is 18.7. The largest absolute Gasteiger partial charge is 0.497 e. The molecule has 0 fully saturated rings. The second-order valence-corrected chi connectivity index (χ2v) is 7.51. The van der Waals surface area contributed by atoms with Gasteiger partial charge in [0.25, 0.3) is 11.8 Å². The molecule has 0 aliphatic carbocycles. The van der Waals surface area contributed by atoms with Gasteiger partial charge in [-0.1, -0.05) is 24.3 Å². The van der Waals surface area contributed by atoms with Gasteiger partial charge in [0.2, 0.25) is 0 Å². The van der Waals surface area contributed by atoms with E-state index in [1.807, 2.05) is 62.4 Å². The summed E-state index contributed by atoms with van der Waals surface area (Å²) in [6, 6.07) is 21.4. The molecule has 0 aliphatic heterocycles. The summed E-state index contributed by atoms with van der Waals surface area (Å²) in [5.74, 6) is 1.13. The maximum atomic E-state index is 12.6. The summed E-state index contributed by atoms with van der Waals surface area (Å²) in [5.41, 5.74) is 2.93. The molecule has 6 heteroatoms. The van der Waals surface area contributed by atoms with Gasteiger partial charge in [-0.05, 0) is 73.5 Å². The molecule has 0 spiro atoms. The van der Waals surface area contributed by atoms with Crippen LogP contribution in [-0.2, 0) is 0 Å². The summed E-state index contributed by atoms with van der Waals surface area (Å²) in [6.45, 7) is 3.84. The minimum absolute atomic E-state index is 0.165. The minimum Gasteiger partial charge on any atom is -0.497 e. The van der Waals surface area contributed by atoms with Crippen LogP contribution in [0, 0.1) is 0 Å². The second kappa shape index (κ2) is 10.5. The number of methoxy groups -OCH3 is 2. The van der Waals surface area contributed by atoms with E-state index >= 15 is 0 Å². The Balaban J connectivity index is 1.59. The highest BCUT2D eigenvalue weighted by Crippen LogP contribution is 2.19. The van der Waals surface area contributed by atoms with Crippen molar-refractivity contribution in [2.24, 2.45) is 0 Å². The van der Waals surface area contributed by atoms with Crippen LogP contribution in [-0.4, -0.2) is 26.0 Å². The van der Waals surface area contributed by atoms with Gasteiger partial charge in [0, 0.05) is 11.1 Å². The van der Waals surface area contributed by atoms with Crippen molar-refractivity contribution in [3.63, 3.8) is 0 Å². The molecule has 3 aromatic carbocycles. The van der Waals surface area contributed by atoms with E-state index in [9.17, 15) is 9.59 Å². The summed E-state index contributed by atoms with van der Waals surface area (Å²) in [5, 5.41) is 5.94. The number of nitrogens with one attached hydrogen (secondary N) is 2. The van der Waals surface area contributed by atoms with Crippen LogP contribution in [0.5, 0.6) is 11.5 Å².